The van der Waals surface area contributed by atoms with E-state index in [0.717, 1.165) is 0 Å². The smallest absolute Gasteiger partial charge is 0.370 e. The predicted molar refractivity (Wildman–Crippen MR) is 108 cm³/mol. The summed E-state index contributed by atoms with van der Waals surface area (Å²) in [7, 11) is 1.53. The molecule has 1 aliphatic heterocycles. The zero-order valence-corrected chi connectivity index (χ0v) is 17.3. The first-order chi connectivity index (χ1) is 15.2. The molecule has 0 bridgehead atoms. The number of carbonyl (C=O) groups excluding carboxylic acids is 1. The zero-order chi connectivity index (χ0) is 23.4. The molecule has 32 heavy (non-hydrogen) atoms. The number of ether oxygens (including phenoxy) is 2. The van der Waals surface area contributed by atoms with E-state index in [1.54, 1.807) is 30.5 Å². The van der Waals surface area contributed by atoms with Crippen molar-refractivity contribution in [3.05, 3.63) is 42.3 Å². The summed E-state index contributed by atoms with van der Waals surface area (Å²) in [5.41, 5.74) is 1.14. The molecule has 1 aromatic carbocycles. The van der Waals surface area contributed by atoms with Crippen molar-refractivity contribution in [2.24, 2.45) is 0 Å². The van der Waals surface area contributed by atoms with Crippen molar-refractivity contribution in [2.75, 3.05) is 13.7 Å². The molecule has 0 unspecified atom stereocenters. The van der Waals surface area contributed by atoms with Gasteiger partial charge in [0.25, 0.3) is 0 Å². The van der Waals surface area contributed by atoms with Gasteiger partial charge in [0.15, 0.2) is 0 Å². The van der Waals surface area contributed by atoms with Gasteiger partial charge in [0.05, 0.1) is 32.0 Å². The van der Waals surface area contributed by atoms with E-state index in [1.807, 2.05) is 0 Å². The molecule has 12 nitrogen and oxygen atoms in total. The first-order valence-corrected chi connectivity index (χ1v) is 9.67. The number of aliphatic hydroxyl groups is 3. The molecule has 0 saturated carbocycles. The summed E-state index contributed by atoms with van der Waals surface area (Å²) in [6.07, 6.45) is -1.97. The molecule has 0 aliphatic carbocycles. The lowest BCUT2D eigenvalue weighted by Gasteiger charge is -2.39. The number of hydrogen-bond donors (Lipinski definition) is 5. The fourth-order valence-electron chi connectivity index (χ4n) is 3.42. The molecule has 5 atom stereocenters. The second kappa shape index (κ2) is 9.77. The van der Waals surface area contributed by atoms with Crippen LogP contribution in [0.5, 0.6) is 5.75 Å². The number of benzene rings is 1. The quantitative estimate of drug-likeness (QED) is 0.339. The molecule has 12 heteroatoms. The SMILES string of the molecule is COc1cccc(-c2cn([C@H]3C=C(C(=O)O)O[C@@H]([C@H](O)[C@H](O)CO)[C@@H]3NC(C)=O)nn2)c1. The van der Waals surface area contributed by atoms with Gasteiger partial charge in [-0.15, -0.1) is 5.10 Å². The Kier molecular flexibility index (Phi) is 7.08. The number of aromatic nitrogens is 3. The van der Waals surface area contributed by atoms with Gasteiger partial charge in [0.2, 0.25) is 11.7 Å². The Bertz CT molecular complexity index is 1010. The Morgan fingerprint density at radius 3 is 2.72 bits per heavy atom. The number of rotatable bonds is 8. The van der Waals surface area contributed by atoms with Gasteiger partial charge >= 0.3 is 5.97 Å². The van der Waals surface area contributed by atoms with Gasteiger partial charge in [-0.3, -0.25) is 4.79 Å². The van der Waals surface area contributed by atoms with E-state index in [4.69, 9.17) is 9.47 Å². The van der Waals surface area contributed by atoms with E-state index in [1.165, 1.54) is 24.8 Å². The van der Waals surface area contributed by atoms with Crippen molar-refractivity contribution >= 4 is 11.9 Å². The van der Waals surface area contributed by atoms with Crippen LogP contribution in [-0.4, -0.2) is 85.4 Å². The van der Waals surface area contributed by atoms with E-state index >= 15 is 0 Å². The Balaban J connectivity index is 2.04. The Labute approximate surface area is 182 Å². The van der Waals surface area contributed by atoms with Crippen molar-refractivity contribution in [1.82, 2.24) is 20.3 Å². The van der Waals surface area contributed by atoms with Gasteiger partial charge < -0.3 is 35.2 Å². The van der Waals surface area contributed by atoms with Crippen LogP contribution in [0.2, 0.25) is 0 Å². The fraction of sp³-hybridized carbons (Fsp3) is 0.400. The average molecular weight is 448 g/mol. The molecule has 0 radical (unpaired) electrons. The van der Waals surface area contributed by atoms with Crippen molar-refractivity contribution in [1.29, 1.82) is 0 Å². The van der Waals surface area contributed by atoms with Gasteiger partial charge in [0, 0.05) is 12.5 Å². The maximum Gasteiger partial charge on any atom is 0.370 e. The summed E-state index contributed by atoms with van der Waals surface area (Å²) >= 11 is 0. The molecule has 172 valence electrons. The molecule has 5 N–H and O–H groups in total. The van der Waals surface area contributed by atoms with Gasteiger partial charge in [0.1, 0.15) is 29.8 Å². The number of hydrogen-bond acceptors (Lipinski definition) is 9. The normalized spacial score (nSPS) is 22.3. The summed E-state index contributed by atoms with van der Waals surface area (Å²) in [6, 6.07) is 5.09. The fourth-order valence-corrected chi connectivity index (χ4v) is 3.42. The van der Waals surface area contributed by atoms with Crippen molar-refractivity contribution < 1.29 is 39.5 Å². The molecule has 0 fully saturated rings. The minimum atomic E-state index is -1.70. The number of methoxy groups -OCH3 is 1. The van der Waals surface area contributed by atoms with Gasteiger partial charge in [-0.05, 0) is 18.2 Å². The minimum Gasteiger partial charge on any atom is -0.497 e. The van der Waals surface area contributed by atoms with E-state index < -0.39 is 54.6 Å². The van der Waals surface area contributed by atoms with E-state index in [-0.39, 0.29) is 0 Å². The third-order valence-corrected chi connectivity index (χ3v) is 4.99. The number of nitrogens with zero attached hydrogens (tertiary/aromatic N) is 3. The van der Waals surface area contributed by atoms with Crippen LogP contribution in [0.3, 0.4) is 0 Å². The van der Waals surface area contributed by atoms with E-state index in [0.29, 0.717) is 17.0 Å². The van der Waals surface area contributed by atoms with Gasteiger partial charge in [-0.2, -0.15) is 0 Å². The Morgan fingerprint density at radius 2 is 2.09 bits per heavy atom. The highest BCUT2D eigenvalue weighted by molar-refractivity contribution is 5.84. The maximum atomic E-state index is 11.9. The van der Waals surface area contributed by atoms with Crippen LogP contribution < -0.4 is 10.1 Å². The number of aliphatic carboxylic acids is 1. The van der Waals surface area contributed by atoms with E-state index in [9.17, 15) is 30.0 Å². The number of amides is 1. The number of carboxylic acids is 1. The first kappa shape index (κ1) is 23.2. The topological polar surface area (TPSA) is 176 Å². The molecular formula is C20H24N4O8. The van der Waals surface area contributed by atoms with Crippen molar-refractivity contribution in [3.8, 4) is 17.0 Å². The molecule has 2 aromatic rings. The lowest BCUT2D eigenvalue weighted by atomic mass is 9.92. The lowest BCUT2D eigenvalue weighted by Crippen LogP contribution is -2.58. The van der Waals surface area contributed by atoms with Gasteiger partial charge in [-0.1, -0.05) is 17.3 Å². The highest BCUT2D eigenvalue weighted by Crippen LogP contribution is 2.31. The standard InChI is InChI=1S/C20H24N4O8/c1-10(26)21-17-14(7-16(20(29)30)32-19(17)18(28)15(27)9-25)24-8-13(22-23-24)11-4-3-5-12(6-11)31-2/h3-8,14-15,17-19,25,27-28H,9H2,1-2H3,(H,21,26)(H,29,30)/t14-,15+,17+,18+,19+/m0/s1. The Morgan fingerprint density at radius 1 is 1.34 bits per heavy atom. The van der Waals surface area contributed by atoms with Crippen LogP contribution in [-0.2, 0) is 14.3 Å². The van der Waals surface area contributed by atoms with Gasteiger partial charge in [-0.25, -0.2) is 9.48 Å². The van der Waals surface area contributed by atoms with Crippen LogP contribution in [0, 0.1) is 0 Å². The van der Waals surface area contributed by atoms with Crippen LogP contribution in [0.25, 0.3) is 11.3 Å². The summed E-state index contributed by atoms with van der Waals surface area (Å²) in [4.78, 5) is 23.5. The number of aliphatic hydroxyl groups excluding tert-OH is 3. The Hall–Kier alpha value is -3.48. The summed E-state index contributed by atoms with van der Waals surface area (Å²) < 4.78 is 11.9. The number of carboxylic acid groups (broad SMARTS) is 1. The summed E-state index contributed by atoms with van der Waals surface area (Å²) in [5.74, 6) is -1.81. The van der Waals surface area contributed by atoms with Crippen LogP contribution in [0.15, 0.2) is 42.3 Å². The minimum absolute atomic E-state index is 0.453. The molecule has 0 saturated heterocycles. The monoisotopic (exact) mass is 448 g/mol. The molecule has 1 aromatic heterocycles. The third kappa shape index (κ3) is 4.88. The molecule has 2 heterocycles. The zero-order valence-electron chi connectivity index (χ0n) is 17.3. The van der Waals surface area contributed by atoms with Crippen LogP contribution in [0.4, 0.5) is 0 Å². The maximum absolute atomic E-state index is 11.9. The van der Waals surface area contributed by atoms with Crippen LogP contribution >= 0.6 is 0 Å². The van der Waals surface area contributed by atoms with Crippen LogP contribution in [0.1, 0.15) is 13.0 Å². The molecule has 0 spiro atoms. The number of carbonyl (C=O) groups is 2. The lowest BCUT2D eigenvalue weighted by molar-refractivity contribution is -0.147. The molecule has 1 aliphatic rings. The number of nitrogens with one attached hydrogen (secondary N) is 1. The van der Waals surface area contributed by atoms with E-state index in [2.05, 4.69) is 15.6 Å². The second-order valence-electron chi connectivity index (χ2n) is 7.19. The largest absolute Gasteiger partial charge is 0.497 e. The molecule has 1 amide bonds. The first-order valence-electron chi connectivity index (χ1n) is 9.67. The third-order valence-electron chi connectivity index (χ3n) is 4.99. The predicted octanol–water partition coefficient (Wildman–Crippen LogP) is -0.919. The highest BCUT2D eigenvalue weighted by Gasteiger charge is 2.44. The summed E-state index contributed by atoms with van der Waals surface area (Å²) in [5, 5.41) is 49.9. The molecule has 3 rings (SSSR count). The average Bonchev–Trinajstić information content (AvgIpc) is 3.27. The summed E-state index contributed by atoms with van der Waals surface area (Å²) in [6.45, 7) is 0.441. The van der Waals surface area contributed by atoms with Crippen molar-refractivity contribution in [3.63, 3.8) is 0 Å². The van der Waals surface area contributed by atoms with Crippen molar-refractivity contribution in [2.45, 2.75) is 37.3 Å². The highest BCUT2D eigenvalue weighted by atomic mass is 16.5. The second-order valence-corrected chi connectivity index (χ2v) is 7.19. The molecular weight excluding hydrogens is 424 g/mol.